The molecule has 8 heavy (non-hydrogen) atoms. The number of hydrogen-bond acceptors (Lipinski definition) is 2. The SMILES string of the molecule is [CH2]CC(O)CN(C)C. The monoisotopic (exact) mass is 116 g/mol. The Morgan fingerprint density at radius 1 is 1.62 bits per heavy atom. The third-order valence-electron chi connectivity index (χ3n) is 0.909. The van der Waals surface area contributed by atoms with E-state index in [1.54, 1.807) is 0 Å². The van der Waals surface area contributed by atoms with Crippen LogP contribution in [0.5, 0.6) is 0 Å². The smallest absolute Gasteiger partial charge is 0.0666 e. The van der Waals surface area contributed by atoms with Crippen molar-refractivity contribution in [1.29, 1.82) is 0 Å². The Labute approximate surface area is 51.1 Å². The molecule has 0 aromatic carbocycles. The van der Waals surface area contributed by atoms with Gasteiger partial charge in [0.15, 0.2) is 0 Å². The summed E-state index contributed by atoms with van der Waals surface area (Å²) < 4.78 is 0. The van der Waals surface area contributed by atoms with E-state index in [2.05, 4.69) is 6.92 Å². The molecule has 0 aromatic rings. The van der Waals surface area contributed by atoms with Crippen molar-refractivity contribution in [2.24, 2.45) is 0 Å². The molecule has 49 valence electrons. The van der Waals surface area contributed by atoms with Crippen molar-refractivity contribution >= 4 is 0 Å². The van der Waals surface area contributed by atoms with Crippen LogP contribution < -0.4 is 0 Å². The molecule has 1 unspecified atom stereocenters. The Balaban J connectivity index is 3.10. The second-order valence-electron chi connectivity index (χ2n) is 2.20. The molecule has 0 bridgehead atoms. The number of hydrogen-bond donors (Lipinski definition) is 1. The van der Waals surface area contributed by atoms with Crippen LogP contribution in [0.3, 0.4) is 0 Å². The van der Waals surface area contributed by atoms with Gasteiger partial charge in [0.25, 0.3) is 0 Å². The molecule has 0 fully saturated rings. The van der Waals surface area contributed by atoms with Crippen molar-refractivity contribution < 1.29 is 5.11 Å². The number of aliphatic hydroxyl groups is 1. The molecule has 0 spiro atoms. The van der Waals surface area contributed by atoms with Crippen molar-refractivity contribution in [1.82, 2.24) is 4.90 Å². The quantitative estimate of drug-likeness (QED) is 0.566. The first-order valence-electron chi connectivity index (χ1n) is 2.79. The highest BCUT2D eigenvalue weighted by Gasteiger charge is 1.99. The Bertz CT molecular complexity index is 54.5. The third-order valence-corrected chi connectivity index (χ3v) is 0.909. The normalized spacial score (nSPS) is 14.6. The molecule has 0 saturated carbocycles. The second kappa shape index (κ2) is 3.87. The predicted octanol–water partition coefficient (Wildman–Crippen LogP) is 0.133. The highest BCUT2D eigenvalue weighted by molar-refractivity contribution is 4.58. The summed E-state index contributed by atoms with van der Waals surface area (Å²) in [5, 5.41) is 8.92. The van der Waals surface area contributed by atoms with Crippen molar-refractivity contribution in [3.63, 3.8) is 0 Å². The second-order valence-corrected chi connectivity index (χ2v) is 2.20. The van der Waals surface area contributed by atoms with E-state index in [1.165, 1.54) is 0 Å². The lowest BCUT2D eigenvalue weighted by molar-refractivity contribution is 0.139. The van der Waals surface area contributed by atoms with E-state index in [1.807, 2.05) is 19.0 Å². The number of nitrogens with zero attached hydrogens (tertiary/aromatic N) is 1. The molecule has 0 aromatic heterocycles. The van der Waals surface area contributed by atoms with E-state index in [0.717, 1.165) is 0 Å². The van der Waals surface area contributed by atoms with E-state index >= 15 is 0 Å². The lowest BCUT2D eigenvalue weighted by Crippen LogP contribution is -2.24. The van der Waals surface area contributed by atoms with Gasteiger partial charge in [0.05, 0.1) is 6.10 Å². The molecule has 0 amide bonds. The summed E-state index contributed by atoms with van der Waals surface area (Å²) in [4.78, 5) is 1.94. The summed E-state index contributed by atoms with van der Waals surface area (Å²) in [5.41, 5.74) is 0. The van der Waals surface area contributed by atoms with Crippen molar-refractivity contribution in [3.8, 4) is 0 Å². The Hall–Kier alpha value is -0.0800. The molecule has 2 heteroatoms. The Morgan fingerprint density at radius 2 is 2.12 bits per heavy atom. The minimum Gasteiger partial charge on any atom is -0.392 e. The zero-order valence-corrected chi connectivity index (χ0v) is 5.59. The van der Waals surface area contributed by atoms with Gasteiger partial charge in [-0.15, -0.1) is 0 Å². The molecule has 1 N–H and O–H groups in total. The Kier molecular flexibility index (Phi) is 3.83. The fourth-order valence-electron chi connectivity index (χ4n) is 0.513. The summed E-state index contributed by atoms with van der Waals surface area (Å²) in [6.45, 7) is 4.27. The van der Waals surface area contributed by atoms with E-state index in [4.69, 9.17) is 5.11 Å². The van der Waals surface area contributed by atoms with E-state index in [0.29, 0.717) is 13.0 Å². The van der Waals surface area contributed by atoms with Crippen LogP contribution in [0.4, 0.5) is 0 Å². The predicted molar refractivity (Wildman–Crippen MR) is 34.5 cm³/mol. The first kappa shape index (κ1) is 7.92. The van der Waals surface area contributed by atoms with Crippen LogP contribution in [0.2, 0.25) is 0 Å². The number of aliphatic hydroxyl groups excluding tert-OH is 1. The van der Waals surface area contributed by atoms with Gasteiger partial charge in [-0.2, -0.15) is 0 Å². The van der Waals surface area contributed by atoms with Gasteiger partial charge in [0.1, 0.15) is 0 Å². The molecule has 0 aliphatic carbocycles. The Morgan fingerprint density at radius 3 is 2.25 bits per heavy atom. The summed E-state index contributed by atoms with van der Waals surface area (Å²) in [5.74, 6) is 0. The molecule has 1 radical (unpaired) electrons. The molecular formula is C6H14NO. The minimum absolute atomic E-state index is 0.259. The summed E-state index contributed by atoms with van der Waals surface area (Å²) in [6.07, 6.45) is 0.336. The van der Waals surface area contributed by atoms with Gasteiger partial charge < -0.3 is 10.0 Å². The zero-order valence-electron chi connectivity index (χ0n) is 5.59. The maximum absolute atomic E-state index is 8.92. The molecule has 0 heterocycles. The molecular weight excluding hydrogens is 102 g/mol. The van der Waals surface area contributed by atoms with Gasteiger partial charge in [-0.05, 0) is 20.5 Å². The number of likely N-dealkylation sites (N-methyl/N-ethyl adjacent to an activating group) is 1. The topological polar surface area (TPSA) is 23.5 Å². The molecule has 0 aliphatic heterocycles. The fourth-order valence-corrected chi connectivity index (χ4v) is 0.513. The molecule has 0 aliphatic rings. The zero-order chi connectivity index (χ0) is 6.57. The first-order chi connectivity index (χ1) is 3.66. The van der Waals surface area contributed by atoms with Crippen LogP contribution in [0.25, 0.3) is 0 Å². The summed E-state index contributed by atoms with van der Waals surface area (Å²) in [6, 6.07) is 0. The van der Waals surface area contributed by atoms with Crippen LogP contribution in [-0.2, 0) is 0 Å². The standard InChI is InChI=1S/C6H14NO/c1-4-6(8)5-7(2)3/h6,8H,1,4-5H2,2-3H3. The van der Waals surface area contributed by atoms with Crippen LogP contribution >= 0.6 is 0 Å². The van der Waals surface area contributed by atoms with Crippen molar-refractivity contribution in [2.75, 3.05) is 20.6 Å². The van der Waals surface area contributed by atoms with Crippen LogP contribution in [0.1, 0.15) is 6.42 Å². The van der Waals surface area contributed by atoms with E-state index in [9.17, 15) is 0 Å². The molecule has 1 atom stereocenters. The van der Waals surface area contributed by atoms with Crippen molar-refractivity contribution in [2.45, 2.75) is 12.5 Å². The van der Waals surface area contributed by atoms with Gasteiger partial charge >= 0.3 is 0 Å². The first-order valence-corrected chi connectivity index (χ1v) is 2.79. The van der Waals surface area contributed by atoms with Crippen LogP contribution in [-0.4, -0.2) is 36.8 Å². The minimum atomic E-state index is -0.259. The van der Waals surface area contributed by atoms with Gasteiger partial charge in [-0.3, -0.25) is 0 Å². The molecule has 2 nitrogen and oxygen atoms in total. The van der Waals surface area contributed by atoms with Gasteiger partial charge in [0, 0.05) is 6.54 Å². The van der Waals surface area contributed by atoms with E-state index < -0.39 is 0 Å². The van der Waals surface area contributed by atoms with Crippen molar-refractivity contribution in [3.05, 3.63) is 6.92 Å². The summed E-state index contributed by atoms with van der Waals surface area (Å²) >= 11 is 0. The average molecular weight is 116 g/mol. The average Bonchev–Trinajstić information content (AvgIpc) is 1.65. The maximum atomic E-state index is 8.92. The lowest BCUT2D eigenvalue weighted by Gasteiger charge is -2.12. The lowest BCUT2D eigenvalue weighted by atomic mass is 10.3. The van der Waals surface area contributed by atoms with Crippen LogP contribution in [0.15, 0.2) is 0 Å². The van der Waals surface area contributed by atoms with Gasteiger partial charge in [-0.25, -0.2) is 0 Å². The largest absolute Gasteiger partial charge is 0.392 e. The highest BCUT2D eigenvalue weighted by Crippen LogP contribution is 1.89. The molecule has 0 saturated heterocycles. The third kappa shape index (κ3) is 4.09. The van der Waals surface area contributed by atoms with Gasteiger partial charge in [0.2, 0.25) is 0 Å². The summed E-state index contributed by atoms with van der Waals surface area (Å²) in [7, 11) is 3.86. The highest BCUT2D eigenvalue weighted by atomic mass is 16.3. The van der Waals surface area contributed by atoms with Crippen LogP contribution in [0, 0.1) is 6.92 Å². The van der Waals surface area contributed by atoms with E-state index in [-0.39, 0.29) is 6.10 Å². The van der Waals surface area contributed by atoms with Gasteiger partial charge in [-0.1, -0.05) is 6.92 Å². The fraction of sp³-hybridized carbons (Fsp3) is 0.833. The maximum Gasteiger partial charge on any atom is 0.0666 e. The number of rotatable bonds is 3. The molecule has 0 rings (SSSR count).